The van der Waals surface area contributed by atoms with Crippen LogP contribution in [-0.4, -0.2) is 221 Å². The van der Waals surface area contributed by atoms with Crippen molar-refractivity contribution in [2.24, 2.45) is 0 Å². The molecule has 0 aliphatic carbocycles. The van der Waals surface area contributed by atoms with Gasteiger partial charge in [0.25, 0.3) is 43.0 Å². The van der Waals surface area contributed by atoms with E-state index >= 15 is 0 Å². The summed E-state index contributed by atoms with van der Waals surface area (Å²) in [6.07, 6.45) is 9.81. The number of carbonyl (C=O) groups excluding carboxylic acids is 1. The highest BCUT2D eigenvalue weighted by Crippen LogP contribution is 2.38. The Kier molecular flexibility index (Phi) is 24.2. The van der Waals surface area contributed by atoms with Crippen molar-refractivity contribution in [2.45, 2.75) is 53.1 Å². The molecule has 5 fully saturated rings. The van der Waals surface area contributed by atoms with Gasteiger partial charge in [0.05, 0.1) is 55.0 Å². The Morgan fingerprint density at radius 1 is 0.500 bits per heavy atom. The van der Waals surface area contributed by atoms with Crippen LogP contribution in [0.5, 0.6) is 0 Å². The number of aromatic nitrogens is 4. The maximum atomic E-state index is 13.8. The monoisotopic (exact) mass is 1450 g/mol. The quantitative estimate of drug-likeness (QED) is 0.0865. The molecule has 5 saturated heterocycles. The molecule has 2 atom stereocenters. The number of halogens is 1. The molecule has 30 heteroatoms. The number of likely N-dealkylation sites (N-methyl/N-ethyl adjacent to an activating group) is 1. The average molecular weight is 1450 g/mol. The second-order valence-corrected chi connectivity index (χ2v) is 30.2. The smallest absolute Gasteiger partial charge is 0.290 e. The van der Waals surface area contributed by atoms with Crippen molar-refractivity contribution in [2.75, 3.05) is 162 Å². The number of piperazine rings is 3. The minimum absolute atomic E-state index is 0. The molecule has 0 radical (unpaired) electrons. The number of pyridine rings is 1. The minimum Gasteiger partial charge on any atom is -0.483 e. The third-order valence-corrected chi connectivity index (χ3v) is 23.9. The van der Waals surface area contributed by atoms with Crippen LogP contribution in [0.2, 0.25) is 0 Å². The number of methoxy groups -OCH3 is 2. The first-order valence-electron chi connectivity index (χ1n) is 32.9. The number of hydrogen-bond donors (Lipinski definition) is 4. The summed E-state index contributed by atoms with van der Waals surface area (Å²) in [5, 5.41) is 23.2. The number of carboxylic acid groups (broad SMARTS) is 2. The van der Waals surface area contributed by atoms with Gasteiger partial charge >= 0.3 is 0 Å². The maximum absolute atomic E-state index is 13.8. The lowest BCUT2D eigenvalue weighted by Crippen LogP contribution is -2.44. The average Bonchev–Trinajstić information content (AvgIpc) is 1.60. The number of rotatable bonds is 13. The highest BCUT2D eigenvalue weighted by Gasteiger charge is 2.32. The van der Waals surface area contributed by atoms with E-state index in [1.54, 1.807) is 86.4 Å². The van der Waals surface area contributed by atoms with Crippen LogP contribution in [0.4, 0.5) is 34.1 Å². The molecule has 5 aromatic carbocycles. The topological polar surface area (TPSA) is 287 Å². The number of carbonyl (C=O) groups is 3. The van der Waals surface area contributed by atoms with E-state index in [2.05, 4.69) is 52.1 Å². The van der Waals surface area contributed by atoms with Gasteiger partial charge < -0.3 is 64.6 Å². The van der Waals surface area contributed by atoms with Crippen molar-refractivity contribution in [1.82, 2.24) is 32.4 Å². The first-order valence-corrected chi connectivity index (χ1v) is 37.3. The zero-order valence-corrected chi connectivity index (χ0v) is 59.6. The summed E-state index contributed by atoms with van der Waals surface area (Å²) in [5.41, 5.74) is 8.19. The molecule has 15 rings (SSSR count). The van der Waals surface area contributed by atoms with Crippen molar-refractivity contribution >= 4 is 128 Å². The fourth-order valence-corrected chi connectivity index (χ4v) is 17.9. The second-order valence-electron chi connectivity index (χ2n) is 24.7. The van der Waals surface area contributed by atoms with Crippen LogP contribution < -0.4 is 40.0 Å². The number of amides is 1. The van der Waals surface area contributed by atoms with E-state index in [1.807, 2.05) is 84.9 Å². The van der Waals surface area contributed by atoms with Crippen LogP contribution in [0.1, 0.15) is 25.3 Å². The summed E-state index contributed by atoms with van der Waals surface area (Å²) >= 11 is 0. The number of fused-ring (bicyclic) bond motifs is 4. The van der Waals surface area contributed by atoms with E-state index in [-0.39, 0.29) is 48.4 Å². The first kappa shape index (κ1) is 73.9. The summed E-state index contributed by atoms with van der Waals surface area (Å²) < 4.78 is 97.3. The lowest BCUT2D eigenvalue weighted by molar-refractivity contribution is -0.123. The molecule has 0 spiro atoms. The lowest BCUT2D eigenvalue weighted by Gasteiger charge is -2.33. The molecule has 10 heterocycles. The fourth-order valence-electron chi connectivity index (χ4n) is 13.7. The molecule has 2 unspecified atom stereocenters. The van der Waals surface area contributed by atoms with Crippen LogP contribution in [0.25, 0.3) is 32.8 Å². The van der Waals surface area contributed by atoms with Crippen LogP contribution in [-0.2, 0) is 60.3 Å². The molecule has 6 aliphatic rings. The Morgan fingerprint density at radius 3 is 1.40 bits per heavy atom. The normalized spacial score (nSPS) is 18.0. The molecule has 534 valence electrons. The summed E-state index contributed by atoms with van der Waals surface area (Å²) in [5.74, 6) is -0.0365. The van der Waals surface area contributed by atoms with Gasteiger partial charge in [-0.1, -0.05) is 48.5 Å². The van der Waals surface area contributed by atoms with E-state index in [1.165, 1.54) is 18.8 Å². The van der Waals surface area contributed by atoms with Gasteiger partial charge in [0, 0.05) is 190 Å². The Hall–Kier alpha value is -8.78. The number of ether oxygens (including phenoxy) is 2. The molecule has 4 aromatic heterocycles. The standard InChI is InChI=1S/C24H30N4O3S.C23H28N4O3S.C21H23N5O3S.2CH2O2.ClH/c1-25-12-14-26(15-13-25)24-18-28(23-9-4-3-8-22(23)24)32(29,30)21-7-5-6-19(16-21)27-11-10-20(17-27)31-2;1-30-19-9-12-26(16-19)18-5-4-6-20(15-18)31(28,29)27-17-23(25-13-10-24-11-14-25)21-7-2-3-8-22(21)27;1-15(27)25-10-6-16-13-17(4-5-19(16)25)30(28,29)26-14-20(24-11-8-22-9-12-24)18-3-2-7-23-21(18)26;2*2-1-3;/h3-9,16,18,20H,10-15,17H2,1-2H3;2-8,15,17,19,24H,9-14,16H2,1H3;2-5,7,13-14,22H,6,8-12H2,1H3;2*1H,(H,2,3);1H. The minimum atomic E-state index is -3.83. The highest BCUT2D eigenvalue weighted by molar-refractivity contribution is 7.90. The Morgan fingerprint density at radius 2 is 0.930 bits per heavy atom. The van der Waals surface area contributed by atoms with Gasteiger partial charge in [0.1, 0.15) is 0 Å². The van der Waals surface area contributed by atoms with Crippen molar-refractivity contribution in [3.05, 3.63) is 158 Å². The van der Waals surface area contributed by atoms with E-state index in [9.17, 15) is 30.0 Å². The molecule has 26 nitrogen and oxygen atoms in total. The van der Waals surface area contributed by atoms with Crippen molar-refractivity contribution < 1.29 is 59.3 Å². The summed E-state index contributed by atoms with van der Waals surface area (Å²) in [4.78, 5) is 48.8. The van der Waals surface area contributed by atoms with Gasteiger partial charge in [-0.2, -0.15) is 0 Å². The molecule has 0 bridgehead atoms. The maximum Gasteiger partial charge on any atom is 0.290 e. The van der Waals surface area contributed by atoms with Gasteiger partial charge in [-0.15, -0.1) is 12.4 Å². The second kappa shape index (κ2) is 32.7. The number of para-hydroxylation sites is 2. The van der Waals surface area contributed by atoms with Gasteiger partial charge in [-0.25, -0.2) is 42.2 Å². The number of hydrogen-bond acceptors (Lipinski definition) is 20. The molecule has 100 heavy (non-hydrogen) atoms. The SMILES string of the molecule is CC(=O)N1CCc2cc(S(=O)(=O)n3cc(N4CCNCC4)c4cccnc43)ccc21.COC1CCN(c2cccc(S(=O)(=O)n3cc(N4CCN(C)CC4)c4ccccc43)c2)C1.COC1CCN(c2cccc(S(=O)(=O)n3cc(N4CCNCC4)c4ccccc43)c2)C1.Cl.O=CO.O=CO. The molecular formula is C70H86ClN13O13S3. The van der Waals surface area contributed by atoms with Gasteiger partial charge in [0.2, 0.25) is 5.91 Å². The third-order valence-electron chi connectivity index (χ3n) is 18.9. The zero-order chi connectivity index (χ0) is 70.0. The van der Waals surface area contributed by atoms with E-state index < -0.39 is 30.1 Å². The van der Waals surface area contributed by atoms with Crippen LogP contribution in [0, 0.1) is 0 Å². The Bertz CT molecular complexity index is 4680. The van der Waals surface area contributed by atoms with Gasteiger partial charge in [0.15, 0.2) is 5.65 Å². The summed E-state index contributed by atoms with van der Waals surface area (Å²) in [6, 6.07) is 38.8. The molecule has 0 saturated carbocycles. The van der Waals surface area contributed by atoms with Crippen molar-refractivity contribution in [3.8, 4) is 0 Å². The van der Waals surface area contributed by atoms with E-state index in [4.69, 9.17) is 29.3 Å². The van der Waals surface area contributed by atoms with Gasteiger partial charge in [-0.05, 0) is 111 Å². The van der Waals surface area contributed by atoms with Crippen LogP contribution >= 0.6 is 12.4 Å². The third kappa shape index (κ3) is 15.7. The number of anilines is 6. The molecule has 9 aromatic rings. The zero-order valence-electron chi connectivity index (χ0n) is 56.3. The van der Waals surface area contributed by atoms with Crippen LogP contribution in [0.3, 0.4) is 0 Å². The largest absolute Gasteiger partial charge is 0.483 e. The first-order chi connectivity index (χ1) is 47.8. The molecule has 1 amide bonds. The van der Waals surface area contributed by atoms with Crippen molar-refractivity contribution in [1.29, 1.82) is 0 Å². The number of nitrogens with one attached hydrogen (secondary N) is 2. The van der Waals surface area contributed by atoms with E-state index in [0.717, 1.165) is 173 Å². The Labute approximate surface area is 589 Å². The van der Waals surface area contributed by atoms with Crippen molar-refractivity contribution in [3.63, 3.8) is 0 Å². The summed E-state index contributed by atoms with van der Waals surface area (Å²) in [6.45, 7) is 15.4. The van der Waals surface area contributed by atoms with E-state index in [0.29, 0.717) is 39.4 Å². The molecular weight excluding hydrogens is 1360 g/mol. The number of benzene rings is 5. The molecule has 4 N–H and O–H groups in total. The highest BCUT2D eigenvalue weighted by atomic mass is 35.5. The summed E-state index contributed by atoms with van der Waals surface area (Å²) in [7, 11) is -5.75. The number of nitrogens with zero attached hydrogens (tertiary/aromatic N) is 11. The Balaban J connectivity index is 0.000000155. The fraction of sp³-hybridized carbons (Fsp3) is 0.371. The molecule has 6 aliphatic heterocycles. The predicted molar refractivity (Wildman–Crippen MR) is 392 cm³/mol. The van der Waals surface area contributed by atoms with Gasteiger partial charge in [-0.3, -0.25) is 14.4 Å². The van der Waals surface area contributed by atoms with Crippen LogP contribution in [0.15, 0.2) is 167 Å². The lowest BCUT2D eigenvalue weighted by atomic mass is 10.2. The predicted octanol–water partition coefficient (Wildman–Crippen LogP) is 6.78.